The van der Waals surface area contributed by atoms with Gasteiger partial charge in [0.15, 0.2) is 0 Å². The Hall–Kier alpha value is -2.88. The molecule has 2 aromatic carbocycles. The van der Waals surface area contributed by atoms with Gasteiger partial charge in [0.1, 0.15) is 11.6 Å². The zero-order valence-corrected chi connectivity index (χ0v) is 16.1. The van der Waals surface area contributed by atoms with Gasteiger partial charge in [0.05, 0.1) is 5.69 Å². The Bertz CT molecular complexity index is 975. The molecule has 0 aliphatic rings. The van der Waals surface area contributed by atoms with Crippen molar-refractivity contribution in [3.8, 4) is 17.0 Å². The first-order valence-electron chi connectivity index (χ1n) is 9.40. The lowest BCUT2D eigenvalue weighted by Crippen LogP contribution is -2.30. The molecule has 0 saturated carbocycles. The minimum atomic E-state index is -0.00890. The third-order valence-corrected chi connectivity index (χ3v) is 4.67. The summed E-state index contributed by atoms with van der Waals surface area (Å²) < 4.78 is 1.76. The summed E-state index contributed by atoms with van der Waals surface area (Å²) in [5.74, 6) is 1.17. The fourth-order valence-corrected chi connectivity index (χ4v) is 3.32. The SMILES string of the molecule is Cc1nc(-c2ccccc2O)c(CCc2ccccc2)c(=O)n1CC(C)C. The first-order valence-corrected chi connectivity index (χ1v) is 9.40. The number of rotatable bonds is 6. The lowest BCUT2D eigenvalue weighted by atomic mass is 9.99. The predicted octanol–water partition coefficient (Wildman–Crippen LogP) is 4.37. The lowest BCUT2D eigenvalue weighted by molar-refractivity contribution is 0.476. The molecule has 1 N–H and O–H groups in total. The molecule has 27 heavy (non-hydrogen) atoms. The molecule has 0 saturated heterocycles. The first kappa shape index (κ1) is 18.9. The van der Waals surface area contributed by atoms with Gasteiger partial charge in [-0.05, 0) is 43.4 Å². The van der Waals surface area contributed by atoms with E-state index in [9.17, 15) is 9.90 Å². The normalized spacial score (nSPS) is 11.1. The number of hydrogen-bond acceptors (Lipinski definition) is 3. The minimum absolute atomic E-state index is 0.00890. The van der Waals surface area contributed by atoms with Gasteiger partial charge in [0.25, 0.3) is 5.56 Å². The van der Waals surface area contributed by atoms with Crippen LogP contribution in [0.3, 0.4) is 0 Å². The Morgan fingerprint density at radius 2 is 1.67 bits per heavy atom. The standard InChI is InChI=1S/C23H26N2O2/c1-16(2)15-25-17(3)24-22(19-11-7-8-12-21(19)26)20(23(25)27)14-13-18-9-5-4-6-10-18/h4-12,16,26H,13-15H2,1-3H3. The van der Waals surface area contributed by atoms with Crippen LogP contribution in [-0.2, 0) is 19.4 Å². The summed E-state index contributed by atoms with van der Waals surface area (Å²) in [5.41, 5.74) is 3.03. The molecule has 0 fully saturated rings. The molecule has 140 valence electrons. The second-order valence-corrected chi connectivity index (χ2v) is 7.30. The first-order chi connectivity index (χ1) is 13.0. The quantitative estimate of drug-likeness (QED) is 0.709. The number of para-hydroxylation sites is 1. The van der Waals surface area contributed by atoms with Crippen molar-refractivity contribution in [1.82, 2.24) is 9.55 Å². The number of phenols is 1. The number of aromatic nitrogens is 2. The molecule has 0 bridgehead atoms. The van der Waals surface area contributed by atoms with Crippen LogP contribution in [0.1, 0.15) is 30.8 Å². The molecule has 0 amide bonds. The van der Waals surface area contributed by atoms with E-state index >= 15 is 0 Å². The van der Waals surface area contributed by atoms with Crippen LogP contribution in [0.4, 0.5) is 0 Å². The Kier molecular flexibility index (Phi) is 5.75. The highest BCUT2D eigenvalue weighted by atomic mass is 16.3. The number of hydrogen-bond donors (Lipinski definition) is 1. The summed E-state index contributed by atoms with van der Waals surface area (Å²) in [6.07, 6.45) is 1.33. The fourth-order valence-electron chi connectivity index (χ4n) is 3.32. The third kappa shape index (κ3) is 4.27. The predicted molar refractivity (Wildman–Crippen MR) is 109 cm³/mol. The summed E-state index contributed by atoms with van der Waals surface area (Å²) in [7, 11) is 0. The van der Waals surface area contributed by atoms with Crippen molar-refractivity contribution in [1.29, 1.82) is 0 Å². The molecule has 0 aliphatic heterocycles. The van der Waals surface area contributed by atoms with E-state index in [-0.39, 0.29) is 11.3 Å². The van der Waals surface area contributed by atoms with Crippen molar-refractivity contribution in [3.63, 3.8) is 0 Å². The van der Waals surface area contributed by atoms with Gasteiger partial charge in [-0.3, -0.25) is 9.36 Å². The summed E-state index contributed by atoms with van der Waals surface area (Å²) in [6.45, 7) is 6.67. The Morgan fingerprint density at radius 3 is 2.33 bits per heavy atom. The monoisotopic (exact) mass is 362 g/mol. The van der Waals surface area contributed by atoms with Crippen LogP contribution in [0.5, 0.6) is 5.75 Å². The summed E-state index contributed by atoms with van der Waals surface area (Å²) in [6, 6.07) is 17.2. The Morgan fingerprint density at radius 1 is 1.00 bits per heavy atom. The van der Waals surface area contributed by atoms with Crippen molar-refractivity contribution in [3.05, 3.63) is 81.9 Å². The van der Waals surface area contributed by atoms with Crippen LogP contribution in [0.15, 0.2) is 59.4 Å². The van der Waals surface area contributed by atoms with Crippen LogP contribution in [0, 0.1) is 12.8 Å². The number of benzene rings is 2. The molecule has 0 unspecified atom stereocenters. The summed E-state index contributed by atoms with van der Waals surface area (Å²) >= 11 is 0. The van der Waals surface area contributed by atoms with E-state index in [4.69, 9.17) is 4.98 Å². The van der Waals surface area contributed by atoms with Gasteiger partial charge in [-0.2, -0.15) is 0 Å². The molecule has 4 heteroatoms. The zero-order chi connectivity index (χ0) is 19.4. The van der Waals surface area contributed by atoms with Crippen molar-refractivity contribution in [2.24, 2.45) is 5.92 Å². The highest BCUT2D eigenvalue weighted by Crippen LogP contribution is 2.29. The van der Waals surface area contributed by atoms with Crippen molar-refractivity contribution < 1.29 is 5.11 Å². The van der Waals surface area contributed by atoms with Gasteiger partial charge in [-0.15, -0.1) is 0 Å². The topological polar surface area (TPSA) is 55.1 Å². The lowest BCUT2D eigenvalue weighted by Gasteiger charge is -2.17. The van der Waals surface area contributed by atoms with E-state index in [1.807, 2.05) is 37.3 Å². The van der Waals surface area contributed by atoms with Crippen LogP contribution in [0.2, 0.25) is 0 Å². The second kappa shape index (κ2) is 8.21. The molecule has 0 atom stereocenters. The molecule has 3 rings (SSSR count). The highest BCUT2D eigenvalue weighted by Gasteiger charge is 2.18. The van der Waals surface area contributed by atoms with Crippen molar-refractivity contribution >= 4 is 0 Å². The number of nitrogens with zero attached hydrogens (tertiary/aromatic N) is 2. The maximum atomic E-state index is 13.3. The van der Waals surface area contributed by atoms with Gasteiger partial charge in [0, 0.05) is 17.7 Å². The number of phenolic OH excluding ortho intramolecular Hbond substituents is 1. The van der Waals surface area contributed by atoms with Crippen LogP contribution in [-0.4, -0.2) is 14.7 Å². The molecule has 1 aromatic heterocycles. The van der Waals surface area contributed by atoms with E-state index < -0.39 is 0 Å². The molecule has 4 nitrogen and oxygen atoms in total. The molecule has 0 radical (unpaired) electrons. The Balaban J connectivity index is 2.11. The molecule has 0 spiro atoms. The largest absolute Gasteiger partial charge is 0.507 e. The van der Waals surface area contributed by atoms with Gasteiger partial charge in [-0.1, -0.05) is 56.3 Å². The zero-order valence-electron chi connectivity index (χ0n) is 16.1. The van der Waals surface area contributed by atoms with Gasteiger partial charge >= 0.3 is 0 Å². The van der Waals surface area contributed by atoms with E-state index in [2.05, 4.69) is 26.0 Å². The average molecular weight is 362 g/mol. The second-order valence-electron chi connectivity index (χ2n) is 7.30. The summed E-state index contributed by atoms with van der Waals surface area (Å²) in [5, 5.41) is 10.3. The van der Waals surface area contributed by atoms with Crippen molar-refractivity contribution in [2.75, 3.05) is 0 Å². The van der Waals surface area contributed by atoms with Crippen molar-refractivity contribution in [2.45, 2.75) is 40.2 Å². The van der Waals surface area contributed by atoms with Gasteiger partial charge in [-0.25, -0.2) is 4.98 Å². The molecule has 0 aliphatic carbocycles. The molecule has 1 heterocycles. The van der Waals surface area contributed by atoms with Crippen LogP contribution < -0.4 is 5.56 Å². The minimum Gasteiger partial charge on any atom is -0.507 e. The smallest absolute Gasteiger partial charge is 0.257 e. The maximum absolute atomic E-state index is 13.3. The van der Waals surface area contributed by atoms with E-state index in [0.29, 0.717) is 41.5 Å². The number of aryl methyl sites for hydroxylation is 2. The van der Waals surface area contributed by atoms with Crippen LogP contribution in [0.25, 0.3) is 11.3 Å². The van der Waals surface area contributed by atoms with E-state index in [0.717, 1.165) is 6.42 Å². The van der Waals surface area contributed by atoms with E-state index in [1.165, 1.54) is 5.56 Å². The molecule has 3 aromatic rings. The third-order valence-electron chi connectivity index (χ3n) is 4.67. The van der Waals surface area contributed by atoms with Crippen LogP contribution >= 0.6 is 0 Å². The average Bonchev–Trinajstić information content (AvgIpc) is 2.65. The molecular weight excluding hydrogens is 336 g/mol. The van der Waals surface area contributed by atoms with Gasteiger partial charge < -0.3 is 5.11 Å². The maximum Gasteiger partial charge on any atom is 0.257 e. The highest BCUT2D eigenvalue weighted by molar-refractivity contribution is 5.69. The Labute approximate surface area is 160 Å². The van der Waals surface area contributed by atoms with Gasteiger partial charge in [0.2, 0.25) is 0 Å². The van der Waals surface area contributed by atoms with E-state index in [1.54, 1.807) is 16.7 Å². The fraction of sp³-hybridized carbons (Fsp3) is 0.304. The summed E-state index contributed by atoms with van der Waals surface area (Å²) in [4.78, 5) is 18.0. The molecular formula is C23H26N2O2. The number of aromatic hydroxyl groups is 1.